The number of benzene rings is 3. The fraction of sp³-hybridized carbons (Fsp3) is 0.174. The highest BCUT2D eigenvalue weighted by atomic mass is 32.2. The predicted octanol–water partition coefficient (Wildman–Crippen LogP) is 3.59. The molecule has 1 amide bonds. The summed E-state index contributed by atoms with van der Waals surface area (Å²) in [5, 5.41) is 2.82. The molecule has 0 spiro atoms. The molecule has 30 heavy (non-hydrogen) atoms. The number of amides is 1. The van der Waals surface area contributed by atoms with Crippen LogP contribution in [0.2, 0.25) is 0 Å². The minimum Gasteiger partial charge on any atom is -0.496 e. The Morgan fingerprint density at radius 3 is 2.27 bits per heavy atom. The molecule has 0 radical (unpaired) electrons. The van der Waals surface area contributed by atoms with Crippen LogP contribution < -0.4 is 14.8 Å². The molecule has 0 aliphatic rings. The summed E-state index contributed by atoms with van der Waals surface area (Å²) in [4.78, 5) is 12.5. The molecule has 3 aromatic carbocycles. The summed E-state index contributed by atoms with van der Waals surface area (Å²) in [6, 6.07) is 23.5. The Balaban J connectivity index is 1.59. The van der Waals surface area contributed by atoms with Crippen LogP contribution in [-0.2, 0) is 21.2 Å². The summed E-state index contributed by atoms with van der Waals surface area (Å²) >= 11 is 0. The van der Waals surface area contributed by atoms with Crippen molar-refractivity contribution in [1.29, 1.82) is 0 Å². The molecule has 0 aliphatic heterocycles. The van der Waals surface area contributed by atoms with Gasteiger partial charge in [-0.25, -0.2) is 13.1 Å². The topological polar surface area (TPSA) is 84.5 Å². The molecule has 0 saturated carbocycles. The molecule has 7 heteroatoms. The van der Waals surface area contributed by atoms with Gasteiger partial charge in [0.1, 0.15) is 5.75 Å². The van der Waals surface area contributed by atoms with E-state index in [2.05, 4.69) is 10.0 Å². The van der Waals surface area contributed by atoms with Crippen molar-refractivity contribution in [1.82, 2.24) is 4.72 Å². The number of hydrogen-bond donors (Lipinski definition) is 2. The summed E-state index contributed by atoms with van der Waals surface area (Å²) in [7, 11) is -2.01. The van der Waals surface area contributed by atoms with E-state index in [0.717, 1.165) is 16.9 Å². The molecular weight excluding hydrogens is 400 g/mol. The van der Waals surface area contributed by atoms with Crippen LogP contribution in [0.5, 0.6) is 5.75 Å². The lowest BCUT2D eigenvalue weighted by atomic mass is 10.0. The van der Waals surface area contributed by atoms with Gasteiger partial charge in [0.05, 0.1) is 12.0 Å². The quantitative estimate of drug-likeness (QED) is 0.550. The normalized spacial score (nSPS) is 11.1. The van der Waals surface area contributed by atoms with Gasteiger partial charge in [-0.05, 0) is 35.9 Å². The number of ether oxygens (including phenoxy) is 1. The van der Waals surface area contributed by atoms with E-state index in [1.165, 1.54) is 12.1 Å². The first-order valence-electron chi connectivity index (χ1n) is 9.53. The summed E-state index contributed by atoms with van der Waals surface area (Å²) in [5.74, 6) is 0.467. The lowest BCUT2D eigenvalue weighted by Crippen LogP contribution is -2.27. The van der Waals surface area contributed by atoms with E-state index in [9.17, 15) is 13.2 Å². The first kappa shape index (κ1) is 21.5. The SMILES string of the molecule is COc1ccc(NC(=O)CCNS(=O)(=O)c2ccccc2)cc1Cc1ccccc1. The minimum absolute atomic E-state index is 0.0100. The third kappa shape index (κ3) is 5.92. The van der Waals surface area contributed by atoms with Crippen molar-refractivity contribution in [2.45, 2.75) is 17.7 Å². The number of carbonyl (C=O) groups is 1. The molecule has 0 aromatic heterocycles. The van der Waals surface area contributed by atoms with Crippen LogP contribution in [0, 0.1) is 0 Å². The average molecular weight is 425 g/mol. The highest BCUT2D eigenvalue weighted by Crippen LogP contribution is 2.25. The smallest absolute Gasteiger partial charge is 0.240 e. The zero-order valence-electron chi connectivity index (χ0n) is 16.7. The van der Waals surface area contributed by atoms with Crippen LogP contribution in [0.4, 0.5) is 5.69 Å². The van der Waals surface area contributed by atoms with Gasteiger partial charge in [-0.15, -0.1) is 0 Å². The van der Waals surface area contributed by atoms with Gasteiger partial charge in [0, 0.05) is 30.6 Å². The Morgan fingerprint density at radius 2 is 1.60 bits per heavy atom. The number of sulfonamides is 1. The van der Waals surface area contributed by atoms with E-state index in [1.807, 2.05) is 42.5 Å². The van der Waals surface area contributed by atoms with Crippen molar-refractivity contribution < 1.29 is 17.9 Å². The number of carbonyl (C=O) groups excluding carboxylic acids is 1. The van der Waals surface area contributed by atoms with Crippen molar-refractivity contribution in [2.75, 3.05) is 19.0 Å². The van der Waals surface area contributed by atoms with Crippen molar-refractivity contribution >= 4 is 21.6 Å². The molecule has 3 rings (SSSR count). The van der Waals surface area contributed by atoms with Crippen LogP contribution in [0.15, 0.2) is 83.8 Å². The molecular formula is C23H24N2O4S. The average Bonchev–Trinajstić information content (AvgIpc) is 2.75. The lowest BCUT2D eigenvalue weighted by molar-refractivity contribution is -0.116. The highest BCUT2D eigenvalue weighted by molar-refractivity contribution is 7.89. The molecule has 0 atom stereocenters. The van der Waals surface area contributed by atoms with Gasteiger partial charge in [0.15, 0.2) is 0 Å². The lowest BCUT2D eigenvalue weighted by Gasteiger charge is -2.12. The molecule has 3 aromatic rings. The van der Waals surface area contributed by atoms with Crippen LogP contribution >= 0.6 is 0 Å². The molecule has 156 valence electrons. The molecule has 6 nitrogen and oxygen atoms in total. The van der Waals surface area contributed by atoms with Crippen LogP contribution in [0.25, 0.3) is 0 Å². The Morgan fingerprint density at radius 1 is 0.933 bits per heavy atom. The molecule has 0 saturated heterocycles. The summed E-state index contributed by atoms with van der Waals surface area (Å²) in [5.41, 5.74) is 2.72. The predicted molar refractivity (Wildman–Crippen MR) is 117 cm³/mol. The molecule has 0 bridgehead atoms. The van der Waals surface area contributed by atoms with Crippen molar-refractivity contribution in [2.24, 2.45) is 0 Å². The van der Waals surface area contributed by atoms with Crippen molar-refractivity contribution in [3.8, 4) is 5.75 Å². The molecule has 0 fully saturated rings. The van der Waals surface area contributed by atoms with E-state index < -0.39 is 10.0 Å². The first-order chi connectivity index (χ1) is 14.5. The second kappa shape index (κ2) is 10.0. The summed E-state index contributed by atoms with van der Waals surface area (Å²) in [6.45, 7) is 0.0100. The zero-order chi connectivity index (χ0) is 21.4. The molecule has 0 heterocycles. The van der Waals surface area contributed by atoms with E-state index in [4.69, 9.17) is 4.74 Å². The number of rotatable bonds is 9. The Labute approximate surface area is 177 Å². The van der Waals surface area contributed by atoms with Gasteiger partial charge < -0.3 is 10.1 Å². The third-order valence-electron chi connectivity index (χ3n) is 4.50. The molecule has 2 N–H and O–H groups in total. The van der Waals surface area contributed by atoms with Crippen molar-refractivity contribution in [3.05, 3.63) is 90.0 Å². The Hall–Kier alpha value is -3.16. The second-order valence-corrected chi connectivity index (χ2v) is 8.46. The largest absolute Gasteiger partial charge is 0.496 e. The number of methoxy groups -OCH3 is 1. The molecule has 0 unspecified atom stereocenters. The highest BCUT2D eigenvalue weighted by Gasteiger charge is 2.14. The second-order valence-electron chi connectivity index (χ2n) is 6.70. The first-order valence-corrected chi connectivity index (χ1v) is 11.0. The number of anilines is 1. The Bertz CT molecular complexity index is 1080. The summed E-state index contributed by atoms with van der Waals surface area (Å²) < 4.78 is 32.3. The monoisotopic (exact) mass is 424 g/mol. The maximum Gasteiger partial charge on any atom is 0.240 e. The third-order valence-corrected chi connectivity index (χ3v) is 5.98. The molecule has 0 aliphatic carbocycles. The van der Waals surface area contributed by atoms with E-state index in [1.54, 1.807) is 31.4 Å². The standard InChI is InChI=1S/C23H24N2O4S/c1-29-22-13-12-20(17-19(22)16-18-8-4-2-5-9-18)25-23(26)14-15-24-30(27,28)21-10-6-3-7-11-21/h2-13,17,24H,14-16H2,1H3,(H,25,26). The van der Waals surface area contributed by atoms with Gasteiger partial charge in [-0.3, -0.25) is 4.79 Å². The number of hydrogen-bond acceptors (Lipinski definition) is 4. The summed E-state index contributed by atoms with van der Waals surface area (Å²) in [6.07, 6.45) is 0.691. The maximum absolute atomic E-state index is 12.3. The van der Waals surface area contributed by atoms with E-state index >= 15 is 0 Å². The van der Waals surface area contributed by atoms with Crippen LogP contribution in [0.3, 0.4) is 0 Å². The van der Waals surface area contributed by atoms with Crippen LogP contribution in [-0.4, -0.2) is 28.0 Å². The minimum atomic E-state index is -3.63. The maximum atomic E-state index is 12.3. The van der Waals surface area contributed by atoms with E-state index in [-0.39, 0.29) is 23.8 Å². The van der Waals surface area contributed by atoms with Gasteiger partial charge in [0.2, 0.25) is 15.9 Å². The van der Waals surface area contributed by atoms with Gasteiger partial charge in [0.25, 0.3) is 0 Å². The van der Waals surface area contributed by atoms with Crippen LogP contribution in [0.1, 0.15) is 17.5 Å². The fourth-order valence-electron chi connectivity index (χ4n) is 3.02. The fourth-order valence-corrected chi connectivity index (χ4v) is 4.07. The van der Waals surface area contributed by atoms with Gasteiger partial charge >= 0.3 is 0 Å². The van der Waals surface area contributed by atoms with Gasteiger partial charge in [-0.1, -0.05) is 48.5 Å². The van der Waals surface area contributed by atoms with E-state index in [0.29, 0.717) is 12.1 Å². The number of nitrogens with one attached hydrogen (secondary N) is 2. The van der Waals surface area contributed by atoms with Crippen molar-refractivity contribution in [3.63, 3.8) is 0 Å². The van der Waals surface area contributed by atoms with Gasteiger partial charge in [-0.2, -0.15) is 0 Å². The Kier molecular flexibility index (Phi) is 7.21. The zero-order valence-corrected chi connectivity index (χ0v) is 17.5.